The van der Waals surface area contributed by atoms with Gasteiger partial charge in [-0.1, -0.05) is 25.0 Å². The number of hydroxylamine groups is 1. The average molecular weight is 260 g/mol. The molecule has 2 rings (SSSR count). The van der Waals surface area contributed by atoms with Crippen LogP contribution in [0.5, 0.6) is 5.75 Å². The second kappa shape index (κ2) is 6.76. The van der Waals surface area contributed by atoms with Crippen LogP contribution in [0.1, 0.15) is 31.2 Å². The molecule has 5 heteroatoms. The van der Waals surface area contributed by atoms with Crippen molar-refractivity contribution in [2.24, 2.45) is 0 Å². The quantitative estimate of drug-likeness (QED) is 0.821. The molecule has 1 fully saturated rings. The number of para-hydroxylation sites is 1. The molecule has 1 saturated carbocycles. The molecular weight excluding hydrogens is 244 g/mol. The number of ether oxygens (including phenoxy) is 1. The first kappa shape index (κ1) is 13.4. The lowest BCUT2D eigenvalue weighted by molar-refractivity contribution is -0.140. The number of nitriles is 1. The largest absolute Gasteiger partial charge is 0.482 e. The summed E-state index contributed by atoms with van der Waals surface area (Å²) in [5.74, 6) is 0.0562. The Morgan fingerprint density at radius 2 is 2.11 bits per heavy atom. The van der Waals surface area contributed by atoms with Crippen LogP contribution < -0.4 is 10.2 Å². The lowest BCUT2D eigenvalue weighted by Gasteiger charge is -2.12. The number of carbonyl (C=O) groups excluding carboxylic acids is 1. The van der Waals surface area contributed by atoms with Gasteiger partial charge in [0.25, 0.3) is 5.91 Å². The third-order valence-electron chi connectivity index (χ3n) is 3.01. The summed E-state index contributed by atoms with van der Waals surface area (Å²) in [4.78, 5) is 16.8. The monoisotopic (exact) mass is 260 g/mol. The second-order valence-electron chi connectivity index (χ2n) is 4.45. The zero-order valence-corrected chi connectivity index (χ0v) is 10.6. The van der Waals surface area contributed by atoms with Crippen molar-refractivity contribution >= 4 is 5.91 Å². The molecule has 1 N–H and O–H groups in total. The molecule has 0 aliphatic heterocycles. The summed E-state index contributed by atoms with van der Waals surface area (Å²) in [6, 6.07) is 8.80. The maximum absolute atomic E-state index is 11.5. The zero-order chi connectivity index (χ0) is 13.5. The van der Waals surface area contributed by atoms with Crippen molar-refractivity contribution in [3.63, 3.8) is 0 Å². The van der Waals surface area contributed by atoms with Gasteiger partial charge < -0.3 is 4.74 Å². The van der Waals surface area contributed by atoms with Crippen LogP contribution in [0, 0.1) is 11.3 Å². The van der Waals surface area contributed by atoms with E-state index >= 15 is 0 Å². The number of carbonyl (C=O) groups is 1. The Balaban J connectivity index is 1.75. The minimum atomic E-state index is -0.348. The summed E-state index contributed by atoms with van der Waals surface area (Å²) >= 11 is 0. The van der Waals surface area contributed by atoms with E-state index in [4.69, 9.17) is 14.8 Å². The highest BCUT2D eigenvalue weighted by atomic mass is 16.7. The van der Waals surface area contributed by atoms with Crippen LogP contribution in [0.3, 0.4) is 0 Å². The summed E-state index contributed by atoms with van der Waals surface area (Å²) in [5.41, 5.74) is 2.79. The normalized spacial score (nSPS) is 14.9. The fraction of sp³-hybridized carbons (Fsp3) is 0.429. The molecule has 0 radical (unpaired) electrons. The average Bonchev–Trinajstić information content (AvgIpc) is 2.96. The van der Waals surface area contributed by atoms with Gasteiger partial charge in [-0.15, -0.1) is 0 Å². The number of nitrogens with one attached hydrogen (secondary N) is 1. The van der Waals surface area contributed by atoms with Gasteiger partial charge in [0.1, 0.15) is 11.8 Å². The van der Waals surface area contributed by atoms with Gasteiger partial charge in [-0.05, 0) is 25.0 Å². The van der Waals surface area contributed by atoms with E-state index in [0.29, 0.717) is 11.3 Å². The predicted molar refractivity (Wildman–Crippen MR) is 68.1 cm³/mol. The predicted octanol–water partition coefficient (Wildman–Crippen LogP) is 1.93. The first-order valence-electron chi connectivity index (χ1n) is 6.36. The topological polar surface area (TPSA) is 71.3 Å². The summed E-state index contributed by atoms with van der Waals surface area (Å²) < 4.78 is 5.29. The molecule has 1 aliphatic rings. The van der Waals surface area contributed by atoms with Crippen molar-refractivity contribution in [3.05, 3.63) is 29.8 Å². The van der Waals surface area contributed by atoms with Gasteiger partial charge in [0, 0.05) is 0 Å². The van der Waals surface area contributed by atoms with Crippen LogP contribution in [0.2, 0.25) is 0 Å². The molecule has 1 aromatic carbocycles. The first-order valence-corrected chi connectivity index (χ1v) is 6.36. The number of nitrogens with zero attached hydrogens (tertiary/aromatic N) is 1. The molecule has 0 saturated heterocycles. The molecule has 0 atom stereocenters. The van der Waals surface area contributed by atoms with Crippen LogP contribution in [-0.4, -0.2) is 18.6 Å². The third-order valence-corrected chi connectivity index (χ3v) is 3.01. The number of amides is 1. The highest BCUT2D eigenvalue weighted by molar-refractivity contribution is 5.76. The summed E-state index contributed by atoms with van der Waals surface area (Å²) in [5, 5.41) is 8.88. The summed E-state index contributed by atoms with van der Waals surface area (Å²) in [6.07, 6.45) is 4.38. The highest BCUT2D eigenvalue weighted by Crippen LogP contribution is 2.20. The fourth-order valence-corrected chi connectivity index (χ4v) is 2.01. The summed E-state index contributed by atoms with van der Waals surface area (Å²) in [6.45, 7) is -0.161. The van der Waals surface area contributed by atoms with Crippen LogP contribution in [0.15, 0.2) is 24.3 Å². The maximum Gasteiger partial charge on any atom is 0.281 e. The standard InChI is InChI=1S/C14H16N2O3/c15-9-11-5-1-4-8-13(11)18-10-14(17)16-19-12-6-2-3-7-12/h1,4-5,8,12H,2-3,6-7,10H2,(H,16,17). The Hall–Kier alpha value is -2.06. The van der Waals surface area contributed by atoms with E-state index in [1.165, 1.54) is 0 Å². The zero-order valence-electron chi connectivity index (χ0n) is 10.6. The minimum Gasteiger partial charge on any atom is -0.482 e. The Bertz CT molecular complexity index is 476. The fourth-order valence-electron chi connectivity index (χ4n) is 2.01. The third kappa shape index (κ3) is 3.97. The van der Waals surface area contributed by atoms with Gasteiger partial charge in [-0.3, -0.25) is 9.63 Å². The van der Waals surface area contributed by atoms with E-state index in [9.17, 15) is 4.79 Å². The van der Waals surface area contributed by atoms with Crippen molar-refractivity contribution in [2.45, 2.75) is 31.8 Å². The maximum atomic E-state index is 11.5. The molecule has 0 spiro atoms. The van der Waals surface area contributed by atoms with E-state index in [-0.39, 0.29) is 18.6 Å². The van der Waals surface area contributed by atoms with Crippen LogP contribution in [0.25, 0.3) is 0 Å². The molecule has 1 amide bonds. The Morgan fingerprint density at radius 1 is 1.37 bits per heavy atom. The number of hydrogen-bond donors (Lipinski definition) is 1. The van der Waals surface area contributed by atoms with Crippen LogP contribution in [-0.2, 0) is 9.63 Å². The molecule has 100 valence electrons. The van der Waals surface area contributed by atoms with E-state index < -0.39 is 0 Å². The molecule has 0 heterocycles. The number of hydrogen-bond acceptors (Lipinski definition) is 4. The first-order chi connectivity index (χ1) is 9.29. The summed E-state index contributed by atoms with van der Waals surface area (Å²) in [7, 11) is 0. The van der Waals surface area contributed by atoms with Gasteiger partial charge in [0.05, 0.1) is 11.7 Å². The van der Waals surface area contributed by atoms with Gasteiger partial charge in [0.2, 0.25) is 0 Å². The van der Waals surface area contributed by atoms with Gasteiger partial charge >= 0.3 is 0 Å². The molecule has 0 aromatic heterocycles. The van der Waals surface area contributed by atoms with E-state index in [2.05, 4.69) is 5.48 Å². The molecule has 19 heavy (non-hydrogen) atoms. The lowest BCUT2D eigenvalue weighted by Crippen LogP contribution is -2.32. The van der Waals surface area contributed by atoms with Crippen molar-refractivity contribution in [1.82, 2.24) is 5.48 Å². The minimum absolute atomic E-state index is 0.121. The Labute approximate surface area is 112 Å². The molecule has 0 bridgehead atoms. The van der Waals surface area contributed by atoms with Gasteiger partial charge in [-0.2, -0.15) is 5.26 Å². The smallest absolute Gasteiger partial charge is 0.281 e. The van der Waals surface area contributed by atoms with Crippen LogP contribution >= 0.6 is 0 Å². The molecule has 1 aliphatic carbocycles. The number of rotatable bonds is 5. The molecular formula is C14H16N2O3. The van der Waals surface area contributed by atoms with Crippen molar-refractivity contribution in [1.29, 1.82) is 5.26 Å². The number of benzene rings is 1. The molecule has 1 aromatic rings. The van der Waals surface area contributed by atoms with Crippen molar-refractivity contribution in [2.75, 3.05) is 6.61 Å². The molecule has 5 nitrogen and oxygen atoms in total. The van der Waals surface area contributed by atoms with E-state index in [1.54, 1.807) is 24.3 Å². The highest BCUT2D eigenvalue weighted by Gasteiger charge is 2.17. The molecule has 0 unspecified atom stereocenters. The van der Waals surface area contributed by atoms with E-state index in [1.807, 2.05) is 6.07 Å². The van der Waals surface area contributed by atoms with Crippen molar-refractivity contribution in [3.8, 4) is 11.8 Å². The van der Waals surface area contributed by atoms with Crippen LogP contribution in [0.4, 0.5) is 0 Å². The van der Waals surface area contributed by atoms with Crippen molar-refractivity contribution < 1.29 is 14.4 Å². The van der Waals surface area contributed by atoms with Gasteiger partial charge in [0.15, 0.2) is 6.61 Å². The Morgan fingerprint density at radius 3 is 2.84 bits per heavy atom. The lowest BCUT2D eigenvalue weighted by atomic mass is 10.2. The van der Waals surface area contributed by atoms with Gasteiger partial charge in [-0.25, -0.2) is 5.48 Å². The SMILES string of the molecule is N#Cc1ccccc1OCC(=O)NOC1CCCC1. The van der Waals surface area contributed by atoms with E-state index in [0.717, 1.165) is 25.7 Å². The second-order valence-corrected chi connectivity index (χ2v) is 4.45. The Kier molecular flexibility index (Phi) is 4.76.